The van der Waals surface area contributed by atoms with E-state index in [0.717, 1.165) is 24.4 Å². The van der Waals surface area contributed by atoms with Crippen molar-refractivity contribution in [3.05, 3.63) is 29.8 Å². The molecule has 0 fully saturated rings. The van der Waals surface area contributed by atoms with Gasteiger partial charge in [-0.3, -0.25) is 0 Å². The Morgan fingerprint density at radius 2 is 2.20 bits per heavy atom. The van der Waals surface area contributed by atoms with Gasteiger partial charge in [0, 0.05) is 13.7 Å². The molecule has 0 heterocycles. The van der Waals surface area contributed by atoms with E-state index in [1.807, 2.05) is 24.3 Å². The predicted octanol–water partition coefficient (Wildman–Crippen LogP) is 1.82. The van der Waals surface area contributed by atoms with Crippen molar-refractivity contribution in [3.8, 4) is 5.75 Å². The molecule has 0 aromatic heterocycles. The quantitative estimate of drug-likeness (QED) is 0.695. The Hall–Kier alpha value is -1.06. The largest absolute Gasteiger partial charge is 0.492 e. The topological polar surface area (TPSA) is 30.5 Å². The first-order chi connectivity index (χ1) is 7.36. The fraction of sp³-hybridized carbons (Fsp3) is 0.500. The van der Waals surface area contributed by atoms with Gasteiger partial charge in [-0.15, -0.1) is 0 Å². The molecule has 15 heavy (non-hydrogen) atoms. The Kier molecular flexibility index (Phi) is 5.81. The Morgan fingerprint density at radius 3 is 2.93 bits per heavy atom. The Balaban J connectivity index is 2.36. The second-order valence-corrected chi connectivity index (χ2v) is 3.28. The van der Waals surface area contributed by atoms with Crippen molar-refractivity contribution in [3.63, 3.8) is 0 Å². The molecule has 0 spiro atoms. The van der Waals surface area contributed by atoms with Gasteiger partial charge in [0.15, 0.2) is 0 Å². The maximum atomic E-state index is 5.58. The number of nitrogens with one attached hydrogen (secondary N) is 1. The molecular formula is C12H19NO2. The van der Waals surface area contributed by atoms with Gasteiger partial charge in [0.1, 0.15) is 12.4 Å². The van der Waals surface area contributed by atoms with E-state index < -0.39 is 0 Å². The summed E-state index contributed by atoms with van der Waals surface area (Å²) in [4.78, 5) is 0. The number of likely N-dealkylation sites (N-methyl/N-ethyl adjacent to an activating group) is 1. The first-order valence-corrected chi connectivity index (χ1v) is 5.28. The second-order valence-electron chi connectivity index (χ2n) is 3.28. The molecule has 0 aliphatic heterocycles. The zero-order valence-corrected chi connectivity index (χ0v) is 9.45. The summed E-state index contributed by atoms with van der Waals surface area (Å²) < 4.78 is 10.6. The van der Waals surface area contributed by atoms with Crippen LogP contribution in [0, 0.1) is 0 Å². The van der Waals surface area contributed by atoms with Crippen LogP contribution < -0.4 is 10.1 Å². The van der Waals surface area contributed by atoms with Gasteiger partial charge in [0.2, 0.25) is 0 Å². The van der Waals surface area contributed by atoms with Crippen molar-refractivity contribution in [1.29, 1.82) is 0 Å². The molecule has 1 aromatic rings. The van der Waals surface area contributed by atoms with E-state index in [9.17, 15) is 0 Å². The molecule has 1 N–H and O–H groups in total. The smallest absolute Gasteiger partial charge is 0.119 e. The van der Waals surface area contributed by atoms with Crippen molar-refractivity contribution < 1.29 is 9.47 Å². The van der Waals surface area contributed by atoms with Crippen LogP contribution in [0.25, 0.3) is 0 Å². The fourth-order valence-corrected chi connectivity index (χ4v) is 1.31. The van der Waals surface area contributed by atoms with Crippen molar-refractivity contribution >= 4 is 0 Å². The number of ether oxygens (including phenoxy) is 2. The SMILES string of the molecule is CCNCCOc1cccc(COC)c1. The lowest BCUT2D eigenvalue weighted by Gasteiger charge is -2.07. The van der Waals surface area contributed by atoms with Crippen molar-refractivity contribution in [1.82, 2.24) is 5.32 Å². The van der Waals surface area contributed by atoms with Gasteiger partial charge in [0.05, 0.1) is 6.61 Å². The second kappa shape index (κ2) is 7.26. The fourth-order valence-electron chi connectivity index (χ4n) is 1.31. The molecule has 3 nitrogen and oxygen atoms in total. The van der Waals surface area contributed by atoms with Crippen LogP contribution in [0.4, 0.5) is 0 Å². The summed E-state index contributed by atoms with van der Waals surface area (Å²) in [6.45, 7) is 5.27. The molecule has 0 unspecified atom stereocenters. The van der Waals surface area contributed by atoms with Crippen molar-refractivity contribution in [2.24, 2.45) is 0 Å². The molecule has 0 amide bonds. The van der Waals surface area contributed by atoms with E-state index >= 15 is 0 Å². The summed E-state index contributed by atoms with van der Waals surface area (Å²) in [5.74, 6) is 0.905. The minimum atomic E-state index is 0.629. The maximum absolute atomic E-state index is 5.58. The van der Waals surface area contributed by atoms with E-state index in [4.69, 9.17) is 9.47 Å². The van der Waals surface area contributed by atoms with Crippen LogP contribution >= 0.6 is 0 Å². The van der Waals surface area contributed by atoms with Crippen LogP contribution in [-0.4, -0.2) is 26.8 Å². The number of methoxy groups -OCH3 is 1. The standard InChI is InChI=1S/C12H19NO2/c1-3-13-7-8-15-12-6-4-5-11(9-12)10-14-2/h4-6,9,13H,3,7-8,10H2,1-2H3. The van der Waals surface area contributed by atoms with Gasteiger partial charge < -0.3 is 14.8 Å². The van der Waals surface area contributed by atoms with Crippen LogP contribution in [0.5, 0.6) is 5.75 Å². The van der Waals surface area contributed by atoms with Crippen molar-refractivity contribution in [2.45, 2.75) is 13.5 Å². The number of hydrogen-bond donors (Lipinski definition) is 1. The Labute approximate surface area is 91.4 Å². The predicted molar refractivity (Wildman–Crippen MR) is 61.2 cm³/mol. The van der Waals surface area contributed by atoms with Gasteiger partial charge in [0.25, 0.3) is 0 Å². The Bertz CT molecular complexity index is 276. The summed E-state index contributed by atoms with van der Waals surface area (Å²) >= 11 is 0. The third-order valence-corrected chi connectivity index (χ3v) is 2.01. The minimum Gasteiger partial charge on any atom is -0.492 e. The first-order valence-electron chi connectivity index (χ1n) is 5.28. The number of benzene rings is 1. The summed E-state index contributed by atoms with van der Waals surface area (Å²) in [5.41, 5.74) is 1.14. The molecule has 84 valence electrons. The monoisotopic (exact) mass is 209 g/mol. The highest BCUT2D eigenvalue weighted by Crippen LogP contribution is 2.13. The highest BCUT2D eigenvalue weighted by molar-refractivity contribution is 5.28. The highest BCUT2D eigenvalue weighted by Gasteiger charge is 1.96. The van der Waals surface area contributed by atoms with Crippen LogP contribution in [0.15, 0.2) is 24.3 Å². The molecule has 0 radical (unpaired) electrons. The number of hydrogen-bond acceptors (Lipinski definition) is 3. The van der Waals surface area contributed by atoms with E-state index in [2.05, 4.69) is 12.2 Å². The third-order valence-electron chi connectivity index (χ3n) is 2.01. The van der Waals surface area contributed by atoms with Gasteiger partial charge in [-0.25, -0.2) is 0 Å². The normalized spacial score (nSPS) is 10.3. The summed E-state index contributed by atoms with van der Waals surface area (Å²) in [5, 5.41) is 3.21. The Morgan fingerprint density at radius 1 is 1.33 bits per heavy atom. The molecule has 0 saturated heterocycles. The first kappa shape index (κ1) is 12.0. The van der Waals surface area contributed by atoms with Crippen LogP contribution in [-0.2, 0) is 11.3 Å². The molecule has 0 aliphatic carbocycles. The molecule has 0 aliphatic rings. The molecule has 1 rings (SSSR count). The van der Waals surface area contributed by atoms with Gasteiger partial charge in [-0.1, -0.05) is 19.1 Å². The molecule has 3 heteroatoms. The third kappa shape index (κ3) is 4.81. The zero-order chi connectivity index (χ0) is 10.9. The van der Waals surface area contributed by atoms with Crippen LogP contribution in [0.3, 0.4) is 0 Å². The van der Waals surface area contributed by atoms with E-state index in [1.54, 1.807) is 7.11 Å². The summed E-state index contributed by atoms with van der Waals surface area (Å²) in [7, 11) is 1.69. The van der Waals surface area contributed by atoms with E-state index in [-0.39, 0.29) is 0 Å². The van der Waals surface area contributed by atoms with Crippen molar-refractivity contribution in [2.75, 3.05) is 26.8 Å². The number of rotatable bonds is 7. The van der Waals surface area contributed by atoms with Gasteiger partial charge in [-0.2, -0.15) is 0 Å². The average molecular weight is 209 g/mol. The van der Waals surface area contributed by atoms with Crippen LogP contribution in [0.2, 0.25) is 0 Å². The maximum Gasteiger partial charge on any atom is 0.119 e. The lowest BCUT2D eigenvalue weighted by molar-refractivity contribution is 0.184. The average Bonchev–Trinajstić information content (AvgIpc) is 2.26. The molecule has 0 bridgehead atoms. The molecule has 0 atom stereocenters. The summed E-state index contributed by atoms with van der Waals surface area (Å²) in [6, 6.07) is 7.98. The zero-order valence-electron chi connectivity index (χ0n) is 9.45. The van der Waals surface area contributed by atoms with Crippen LogP contribution in [0.1, 0.15) is 12.5 Å². The lowest BCUT2D eigenvalue weighted by atomic mass is 10.2. The van der Waals surface area contributed by atoms with Gasteiger partial charge >= 0.3 is 0 Å². The molecular weight excluding hydrogens is 190 g/mol. The molecule has 0 saturated carbocycles. The highest BCUT2D eigenvalue weighted by atomic mass is 16.5. The van der Waals surface area contributed by atoms with E-state index in [0.29, 0.717) is 13.2 Å². The molecule has 1 aromatic carbocycles. The minimum absolute atomic E-state index is 0.629. The summed E-state index contributed by atoms with van der Waals surface area (Å²) in [6.07, 6.45) is 0. The van der Waals surface area contributed by atoms with E-state index in [1.165, 1.54) is 0 Å². The lowest BCUT2D eigenvalue weighted by Crippen LogP contribution is -2.20. The van der Waals surface area contributed by atoms with Gasteiger partial charge in [-0.05, 0) is 24.2 Å².